The third-order valence-electron chi connectivity index (χ3n) is 6.77. The van der Waals surface area contributed by atoms with Gasteiger partial charge in [-0.25, -0.2) is 0 Å². The van der Waals surface area contributed by atoms with Crippen LogP contribution in [0.4, 0.5) is 0 Å². The highest BCUT2D eigenvalue weighted by Gasteiger charge is 2.59. The van der Waals surface area contributed by atoms with Crippen molar-refractivity contribution in [1.29, 1.82) is 0 Å². The third-order valence-corrected chi connectivity index (χ3v) is 6.77. The number of methoxy groups -OCH3 is 1. The Morgan fingerprint density at radius 2 is 1.72 bits per heavy atom. The van der Waals surface area contributed by atoms with Gasteiger partial charge < -0.3 is 9.64 Å². The number of amides is 1. The molecule has 2 fully saturated rings. The van der Waals surface area contributed by atoms with Crippen LogP contribution in [0, 0.1) is 13.8 Å². The quantitative estimate of drug-likeness (QED) is 0.729. The van der Waals surface area contributed by atoms with E-state index in [1.165, 1.54) is 0 Å². The number of nitrogens with zero attached hydrogens (tertiary/aromatic N) is 1. The molecular formula is C25H29NO3. The van der Waals surface area contributed by atoms with E-state index in [9.17, 15) is 9.59 Å². The molecule has 29 heavy (non-hydrogen) atoms. The normalized spacial score (nSPS) is 27.1. The minimum atomic E-state index is -0.719. The second-order valence-electron chi connectivity index (χ2n) is 8.53. The summed E-state index contributed by atoms with van der Waals surface area (Å²) in [7, 11) is 1.73. The molecule has 1 spiro atoms. The Morgan fingerprint density at radius 1 is 1.03 bits per heavy atom. The van der Waals surface area contributed by atoms with Crippen LogP contribution in [-0.2, 0) is 20.9 Å². The standard InChI is InChI=1S/C25H29NO3/c1-17-9-10-18(2)21(15-17)22-23(27)25(13-11-20(29-3)12-14-25)26(24(22)28)16-19-7-5-4-6-8-19/h4-10,15,20,22H,11-14,16H2,1-3H3. The van der Waals surface area contributed by atoms with Gasteiger partial charge in [0, 0.05) is 13.7 Å². The third kappa shape index (κ3) is 3.40. The summed E-state index contributed by atoms with van der Waals surface area (Å²) in [6.07, 6.45) is 3.12. The van der Waals surface area contributed by atoms with Gasteiger partial charge in [0.15, 0.2) is 5.78 Å². The Bertz CT molecular complexity index is 913. The van der Waals surface area contributed by atoms with E-state index < -0.39 is 11.5 Å². The second-order valence-corrected chi connectivity index (χ2v) is 8.53. The molecule has 1 amide bonds. The summed E-state index contributed by atoms with van der Waals surface area (Å²) in [5.74, 6) is -0.678. The molecule has 4 rings (SSSR count). The molecule has 1 saturated heterocycles. The number of ketones is 1. The number of Topliss-reactive ketones (excluding diaryl/α,β-unsaturated/α-hetero) is 1. The molecular weight excluding hydrogens is 362 g/mol. The first-order chi connectivity index (χ1) is 14.0. The van der Waals surface area contributed by atoms with Crippen LogP contribution in [0.3, 0.4) is 0 Å². The summed E-state index contributed by atoms with van der Waals surface area (Å²) < 4.78 is 5.54. The Labute approximate surface area is 172 Å². The van der Waals surface area contributed by atoms with Gasteiger partial charge in [-0.15, -0.1) is 0 Å². The topological polar surface area (TPSA) is 46.6 Å². The molecule has 4 nitrogen and oxygen atoms in total. The minimum Gasteiger partial charge on any atom is -0.381 e. The van der Waals surface area contributed by atoms with Gasteiger partial charge in [-0.05, 0) is 56.2 Å². The second kappa shape index (κ2) is 7.75. The van der Waals surface area contributed by atoms with E-state index in [0.717, 1.165) is 35.1 Å². The van der Waals surface area contributed by atoms with E-state index in [0.29, 0.717) is 19.4 Å². The van der Waals surface area contributed by atoms with Crippen molar-refractivity contribution < 1.29 is 14.3 Å². The summed E-state index contributed by atoms with van der Waals surface area (Å²) in [4.78, 5) is 29.4. The van der Waals surface area contributed by atoms with E-state index in [2.05, 4.69) is 0 Å². The van der Waals surface area contributed by atoms with Crippen molar-refractivity contribution in [2.75, 3.05) is 7.11 Å². The monoisotopic (exact) mass is 391 g/mol. The van der Waals surface area contributed by atoms with Gasteiger partial charge in [0.05, 0.1) is 6.10 Å². The van der Waals surface area contributed by atoms with Crippen molar-refractivity contribution in [2.45, 2.75) is 63.6 Å². The van der Waals surface area contributed by atoms with Gasteiger partial charge in [-0.3, -0.25) is 9.59 Å². The molecule has 0 N–H and O–H groups in total. The minimum absolute atomic E-state index is 0.0524. The molecule has 0 aromatic heterocycles. The van der Waals surface area contributed by atoms with Crippen LogP contribution in [0.5, 0.6) is 0 Å². The molecule has 0 radical (unpaired) electrons. The number of aryl methyl sites for hydroxylation is 2. The van der Waals surface area contributed by atoms with Gasteiger partial charge in [-0.2, -0.15) is 0 Å². The van der Waals surface area contributed by atoms with Crippen LogP contribution in [0.1, 0.15) is 53.9 Å². The summed E-state index contributed by atoms with van der Waals surface area (Å²) in [6, 6.07) is 16.0. The molecule has 152 valence electrons. The lowest BCUT2D eigenvalue weighted by Crippen LogP contribution is -2.52. The van der Waals surface area contributed by atoms with E-state index in [-0.39, 0.29) is 17.8 Å². The maximum Gasteiger partial charge on any atom is 0.238 e. The molecule has 2 aromatic carbocycles. The van der Waals surface area contributed by atoms with Crippen molar-refractivity contribution in [3.8, 4) is 0 Å². The summed E-state index contributed by atoms with van der Waals surface area (Å²) >= 11 is 0. The number of carbonyl (C=O) groups is 2. The number of benzene rings is 2. The number of ether oxygens (including phenoxy) is 1. The highest BCUT2D eigenvalue weighted by Crippen LogP contribution is 2.47. The molecule has 1 unspecified atom stereocenters. The lowest BCUT2D eigenvalue weighted by Gasteiger charge is -2.42. The zero-order valence-corrected chi connectivity index (χ0v) is 17.5. The lowest BCUT2D eigenvalue weighted by molar-refractivity contribution is -0.137. The number of likely N-dealkylation sites (tertiary alicyclic amines) is 1. The smallest absolute Gasteiger partial charge is 0.238 e. The summed E-state index contributed by atoms with van der Waals surface area (Å²) in [6.45, 7) is 4.47. The van der Waals surface area contributed by atoms with E-state index in [4.69, 9.17) is 4.74 Å². The van der Waals surface area contributed by atoms with Crippen LogP contribution in [-0.4, -0.2) is 35.3 Å². The summed E-state index contributed by atoms with van der Waals surface area (Å²) in [5.41, 5.74) is 3.28. The van der Waals surface area contributed by atoms with Gasteiger partial charge in [0.2, 0.25) is 5.91 Å². The highest BCUT2D eigenvalue weighted by atomic mass is 16.5. The number of hydrogen-bond donors (Lipinski definition) is 0. The zero-order valence-electron chi connectivity index (χ0n) is 17.5. The molecule has 0 bridgehead atoms. The Hall–Kier alpha value is -2.46. The van der Waals surface area contributed by atoms with E-state index in [1.807, 2.05) is 67.3 Å². The van der Waals surface area contributed by atoms with Gasteiger partial charge >= 0.3 is 0 Å². The fourth-order valence-electron chi connectivity index (χ4n) is 5.04. The van der Waals surface area contributed by atoms with Crippen LogP contribution in [0.15, 0.2) is 48.5 Å². The zero-order chi connectivity index (χ0) is 20.6. The van der Waals surface area contributed by atoms with Crippen LogP contribution in [0.2, 0.25) is 0 Å². The van der Waals surface area contributed by atoms with Crippen LogP contribution >= 0.6 is 0 Å². The average molecular weight is 392 g/mol. The number of carbonyl (C=O) groups excluding carboxylic acids is 2. The van der Waals surface area contributed by atoms with Crippen molar-refractivity contribution in [3.63, 3.8) is 0 Å². The van der Waals surface area contributed by atoms with Crippen molar-refractivity contribution in [2.24, 2.45) is 0 Å². The number of rotatable bonds is 4. The number of hydrogen-bond acceptors (Lipinski definition) is 3. The van der Waals surface area contributed by atoms with Gasteiger partial charge in [0.25, 0.3) is 0 Å². The lowest BCUT2D eigenvalue weighted by atomic mass is 9.74. The van der Waals surface area contributed by atoms with E-state index in [1.54, 1.807) is 7.11 Å². The van der Waals surface area contributed by atoms with Gasteiger partial charge in [-0.1, -0.05) is 54.1 Å². The molecule has 2 aromatic rings. The maximum atomic E-state index is 13.8. The van der Waals surface area contributed by atoms with Crippen LogP contribution < -0.4 is 0 Å². The van der Waals surface area contributed by atoms with Crippen molar-refractivity contribution in [3.05, 3.63) is 70.8 Å². The highest BCUT2D eigenvalue weighted by molar-refractivity contribution is 6.17. The van der Waals surface area contributed by atoms with Gasteiger partial charge in [0.1, 0.15) is 11.5 Å². The molecule has 1 heterocycles. The van der Waals surface area contributed by atoms with Crippen molar-refractivity contribution >= 4 is 11.7 Å². The molecule has 1 saturated carbocycles. The van der Waals surface area contributed by atoms with Crippen LogP contribution in [0.25, 0.3) is 0 Å². The Balaban J connectivity index is 1.75. The first-order valence-corrected chi connectivity index (χ1v) is 10.5. The fourth-order valence-corrected chi connectivity index (χ4v) is 5.04. The Morgan fingerprint density at radius 3 is 2.38 bits per heavy atom. The maximum absolute atomic E-state index is 13.8. The molecule has 4 heteroatoms. The first-order valence-electron chi connectivity index (χ1n) is 10.5. The first kappa shape index (κ1) is 19.8. The average Bonchev–Trinajstić information content (AvgIpc) is 2.93. The molecule has 1 atom stereocenters. The predicted octanol–water partition coefficient (Wildman–Crippen LogP) is 4.33. The predicted molar refractivity (Wildman–Crippen MR) is 113 cm³/mol. The fraction of sp³-hybridized carbons (Fsp3) is 0.440. The largest absolute Gasteiger partial charge is 0.381 e. The van der Waals surface area contributed by atoms with Crippen molar-refractivity contribution in [1.82, 2.24) is 4.90 Å². The molecule has 1 aliphatic carbocycles. The Kier molecular flexibility index (Phi) is 5.30. The molecule has 2 aliphatic rings. The van der Waals surface area contributed by atoms with E-state index >= 15 is 0 Å². The molecule has 1 aliphatic heterocycles. The SMILES string of the molecule is COC1CCC2(CC1)C(=O)C(c1cc(C)ccc1C)C(=O)N2Cc1ccccc1. The summed E-state index contributed by atoms with van der Waals surface area (Å²) in [5, 5.41) is 0.